The zero-order chi connectivity index (χ0) is 16.7. The molecule has 0 spiro atoms. The molecule has 0 bridgehead atoms. The minimum Gasteiger partial charge on any atom is -0.493 e. The average Bonchev–Trinajstić information content (AvgIpc) is 2.57. The van der Waals surface area contributed by atoms with E-state index in [0.29, 0.717) is 30.3 Å². The van der Waals surface area contributed by atoms with Crippen molar-refractivity contribution >= 4 is 6.29 Å². The van der Waals surface area contributed by atoms with E-state index in [1.165, 1.54) is 11.1 Å². The Hall–Kier alpha value is -2.49. The molecule has 0 aliphatic rings. The summed E-state index contributed by atoms with van der Waals surface area (Å²) in [5.41, 5.74) is 3.04. The number of rotatable bonds is 8. The molecule has 122 valence electrons. The Morgan fingerprint density at radius 1 is 0.913 bits per heavy atom. The van der Waals surface area contributed by atoms with Crippen LogP contribution in [0.2, 0.25) is 0 Å². The highest BCUT2D eigenvalue weighted by Gasteiger charge is 2.05. The van der Waals surface area contributed by atoms with Gasteiger partial charge in [-0.05, 0) is 55.3 Å². The molecule has 2 aromatic carbocycles. The number of benzene rings is 2. The van der Waals surface area contributed by atoms with E-state index in [1.807, 2.05) is 12.1 Å². The Bertz CT molecular complexity index is 664. The molecule has 0 aliphatic heterocycles. The highest BCUT2D eigenvalue weighted by molar-refractivity contribution is 5.76. The first kappa shape index (κ1) is 16.9. The molecule has 0 aromatic heterocycles. The summed E-state index contributed by atoms with van der Waals surface area (Å²) in [7, 11) is 1.56. The predicted molar refractivity (Wildman–Crippen MR) is 89.9 cm³/mol. The fraction of sp³-hybridized carbons (Fsp3) is 0.316. The van der Waals surface area contributed by atoms with Crippen LogP contribution >= 0.6 is 0 Å². The van der Waals surface area contributed by atoms with Crippen LogP contribution in [0.5, 0.6) is 17.2 Å². The molecule has 0 radical (unpaired) electrons. The molecule has 0 heterocycles. The maximum atomic E-state index is 10.8. The van der Waals surface area contributed by atoms with Crippen LogP contribution < -0.4 is 14.2 Å². The van der Waals surface area contributed by atoms with Crippen LogP contribution in [0.25, 0.3) is 0 Å². The van der Waals surface area contributed by atoms with Gasteiger partial charge < -0.3 is 14.2 Å². The Labute approximate surface area is 137 Å². The number of carbonyl (C=O) groups is 1. The van der Waals surface area contributed by atoms with Crippen LogP contribution in [0.1, 0.15) is 27.9 Å². The molecule has 0 saturated carbocycles. The third-order valence-corrected chi connectivity index (χ3v) is 3.62. The Morgan fingerprint density at radius 3 is 2.39 bits per heavy atom. The van der Waals surface area contributed by atoms with Crippen LogP contribution in [0.15, 0.2) is 36.4 Å². The minimum atomic E-state index is 0.516. The number of hydrogen-bond acceptors (Lipinski definition) is 4. The molecule has 0 atom stereocenters. The maximum absolute atomic E-state index is 10.8. The molecule has 2 aromatic rings. The topological polar surface area (TPSA) is 44.8 Å². The Morgan fingerprint density at radius 2 is 1.70 bits per heavy atom. The number of carbonyl (C=O) groups excluding carboxylic acids is 1. The predicted octanol–water partition coefficient (Wildman–Crippen LogP) is 3.97. The van der Waals surface area contributed by atoms with E-state index >= 15 is 0 Å². The molecule has 4 heteroatoms. The van der Waals surface area contributed by atoms with Crippen molar-refractivity contribution in [2.45, 2.75) is 20.3 Å². The zero-order valence-electron chi connectivity index (χ0n) is 13.8. The molecule has 0 N–H and O–H groups in total. The molecule has 23 heavy (non-hydrogen) atoms. The van der Waals surface area contributed by atoms with E-state index < -0.39 is 0 Å². The summed E-state index contributed by atoms with van der Waals surface area (Å²) in [6.07, 6.45) is 1.54. The summed E-state index contributed by atoms with van der Waals surface area (Å²) >= 11 is 0. The second-order valence-corrected chi connectivity index (χ2v) is 5.32. The van der Waals surface area contributed by atoms with Gasteiger partial charge in [-0.25, -0.2) is 0 Å². The normalized spacial score (nSPS) is 10.2. The molecule has 0 saturated heterocycles. The first-order valence-corrected chi connectivity index (χ1v) is 7.60. The maximum Gasteiger partial charge on any atom is 0.161 e. The number of aryl methyl sites for hydroxylation is 2. The highest BCUT2D eigenvalue weighted by atomic mass is 16.5. The molecule has 0 unspecified atom stereocenters. The van der Waals surface area contributed by atoms with Crippen molar-refractivity contribution in [3.05, 3.63) is 53.1 Å². The SMILES string of the molecule is COc1cc(C=O)ccc1OCCCOc1ccc(C)c(C)c1. The molecular weight excluding hydrogens is 292 g/mol. The molecule has 2 rings (SSSR count). The molecule has 4 nitrogen and oxygen atoms in total. The largest absolute Gasteiger partial charge is 0.493 e. The lowest BCUT2D eigenvalue weighted by Crippen LogP contribution is -2.06. The van der Waals surface area contributed by atoms with Crippen molar-refractivity contribution in [1.82, 2.24) is 0 Å². The van der Waals surface area contributed by atoms with Gasteiger partial charge in [0.15, 0.2) is 11.5 Å². The molecule has 0 aliphatic carbocycles. The highest BCUT2D eigenvalue weighted by Crippen LogP contribution is 2.27. The Balaban J connectivity index is 1.79. The third kappa shape index (κ3) is 4.74. The first-order valence-electron chi connectivity index (χ1n) is 7.60. The van der Waals surface area contributed by atoms with E-state index in [0.717, 1.165) is 18.5 Å². The van der Waals surface area contributed by atoms with E-state index in [-0.39, 0.29) is 0 Å². The van der Waals surface area contributed by atoms with Crippen molar-refractivity contribution in [2.24, 2.45) is 0 Å². The van der Waals surface area contributed by atoms with Crippen molar-refractivity contribution < 1.29 is 19.0 Å². The van der Waals surface area contributed by atoms with Gasteiger partial charge in [0, 0.05) is 12.0 Å². The smallest absolute Gasteiger partial charge is 0.161 e. The number of hydrogen-bond donors (Lipinski definition) is 0. The van der Waals surface area contributed by atoms with Crippen molar-refractivity contribution in [3.63, 3.8) is 0 Å². The van der Waals surface area contributed by atoms with Gasteiger partial charge in [0.25, 0.3) is 0 Å². The second-order valence-electron chi connectivity index (χ2n) is 5.32. The lowest BCUT2D eigenvalue weighted by molar-refractivity contribution is 0.112. The fourth-order valence-electron chi connectivity index (χ4n) is 2.11. The van der Waals surface area contributed by atoms with Gasteiger partial charge in [0.1, 0.15) is 12.0 Å². The molecule has 0 fully saturated rings. The third-order valence-electron chi connectivity index (χ3n) is 3.62. The van der Waals surface area contributed by atoms with Crippen molar-refractivity contribution in [3.8, 4) is 17.2 Å². The van der Waals surface area contributed by atoms with Gasteiger partial charge in [-0.2, -0.15) is 0 Å². The van der Waals surface area contributed by atoms with E-state index in [9.17, 15) is 4.79 Å². The van der Waals surface area contributed by atoms with Gasteiger partial charge in [-0.1, -0.05) is 6.07 Å². The number of aldehydes is 1. The lowest BCUT2D eigenvalue weighted by atomic mass is 10.1. The number of ether oxygens (including phenoxy) is 3. The van der Waals surface area contributed by atoms with Crippen LogP contribution in [0, 0.1) is 13.8 Å². The molecular formula is C19H22O4. The van der Waals surface area contributed by atoms with Gasteiger partial charge >= 0.3 is 0 Å². The summed E-state index contributed by atoms with van der Waals surface area (Å²) < 4.78 is 16.6. The fourth-order valence-corrected chi connectivity index (χ4v) is 2.11. The van der Waals surface area contributed by atoms with Gasteiger partial charge in [-0.3, -0.25) is 4.79 Å². The van der Waals surface area contributed by atoms with Crippen LogP contribution in [-0.4, -0.2) is 26.6 Å². The number of methoxy groups -OCH3 is 1. The molecule has 0 amide bonds. The van der Waals surface area contributed by atoms with Gasteiger partial charge in [0.2, 0.25) is 0 Å². The summed E-state index contributed by atoms with van der Waals surface area (Å²) in [6.45, 7) is 5.25. The Kier molecular flexibility index (Phi) is 6.03. The summed E-state index contributed by atoms with van der Waals surface area (Å²) in [5, 5.41) is 0. The van der Waals surface area contributed by atoms with Gasteiger partial charge in [-0.15, -0.1) is 0 Å². The standard InChI is InChI=1S/C19H22O4/c1-14-5-7-17(11-15(14)2)22-9-4-10-23-18-8-6-16(13-20)12-19(18)21-3/h5-8,11-13H,4,9-10H2,1-3H3. The van der Waals surface area contributed by atoms with Crippen LogP contribution in [-0.2, 0) is 0 Å². The quantitative estimate of drug-likeness (QED) is 0.546. The van der Waals surface area contributed by atoms with E-state index in [1.54, 1.807) is 25.3 Å². The van der Waals surface area contributed by atoms with Crippen molar-refractivity contribution in [1.29, 1.82) is 0 Å². The van der Waals surface area contributed by atoms with Crippen LogP contribution in [0.4, 0.5) is 0 Å². The minimum absolute atomic E-state index is 0.516. The summed E-state index contributed by atoms with van der Waals surface area (Å²) in [5.74, 6) is 2.06. The second kappa shape index (κ2) is 8.22. The first-order chi connectivity index (χ1) is 11.1. The lowest BCUT2D eigenvalue weighted by Gasteiger charge is -2.12. The van der Waals surface area contributed by atoms with E-state index in [2.05, 4.69) is 19.9 Å². The van der Waals surface area contributed by atoms with Gasteiger partial charge in [0.05, 0.1) is 20.3 Å². The van der Waals surface area contributed by atoms with E-state index in [4.69, 9.17) is 14.2 Å². The van der Waals surface area contributed by atoms with Crippen molar-refractivity contribution in [2.75, 3.05) is 20.3 Å². The average molecular weight is 314 g/mol. The zero-order valence-corrected chi connectivity index (χ0v) is 13.8. The summed E-state index contributed by atoms with van der Waals surface area (Å²) in [4.78, 5) is 10.8. The van der Waals surface area contributed by atoms with Crippen LogP contribution in [0.3, 0.4) is 0 Å². The monoisotopic (exact) mass is 314 g/mol. The summed E-state index contributed by atoms with van der Waals surface area (Å²) in [6, 6.07) is 11.2.